The van der Waals surface area contributed by atoms with E-state index in [1.165, 1.54) is 11.1 Å². The molecule has 2 aromatic rings. The van der Waals surface area contributed by atoms with E-state index in [9.17, 15) is 4.79 Å². The van der Waals surface area contributed by atoms with Gasteiger partial charge in [0, 0.05) is 11.8 Å². The molecule has 0 amide bonds. The van der Waals surface area contributed by atoms with E-state index in [2.05, 4.69) is 37.0 Å². The predicted octanol–water partition coefficient (Wildman–Crippen LogP) is 4.08. The number of aryl methyl sites for hydroxylation is 2. The van der Waals surface area contributed by atoms with Crippen molar-refractivity contribution in [1.82, 2.24) is 4.98 Å². The molecule has 0 saturated heterocycles. The van der Waals surface area contributed by atoms with Crippen molar-refractivity contribution in [2.75, 3.05) is 6.61 Å². The highest BCUT2D eigenvalue weighted by molar-refractivity contribution is 5.90. The molecule has 0 atom stereocenters. The maximum absolute atomic E-state index is 11.6. The minimum atomic E-state index is 0.528. The number of rotatable bonds is 6. The zero-order valence-electron chi connectivity index (χ0n) is 12.8. The van der Waals surface area contributed by atoms with Crippen molar-refractivity contribution in [3.8, 4) is 17.0 Å². The van der Waals surface area contributed by atoms with Crippen molar-refractivity contribution in [2.45, 2.75) is 33.6 Å². The number of nitrogens with zero attached hydrogens (tertiary/aromatic N) is 1. The van der Waals surface area contributed by atoms with Crippen LogP contribution in [0.2, 0.25) is 0 Å². The number of carbonyl (C=O) groups is 1. The third kappa shape index (κ3) is 2.97. The molecule has 0 aliphatic heterocycles. The molecule has 0 unspecified atom stereocenters. The number of ether oxygens (including phenoxy) is 1. The van der Waals surface area contributed by atoms with Crippen molar-refractivity contribution in [3.63, 3.8) is 0 Å². The maximum atomic E-state index is 11.6. The number of carbonyl (C=O) groups excluding carboxylic acids is 1. The molecular formula is C18H21NO2. The fourth-order valence-electron chi connectivity index (χ4n) is 2.60. The number of hydrogen-bond acceptors (Lipinski definition) is 3. The molecule has 0 saturated carbocycles. The zero-order chi connectivity index (χ0) is 15.2. The lowest BCUT2D eigenvalue weighted by atomic mass is 9.92. The van der Waals surface area contributed by atoms with Crippen molar-refractivity contribution in [3.05, 3.63) is 47.2 Å². The molecule has 0 aliphatic rings. The SMILES string of the molecule is CCOc1ccnc(-c2c(CC)cccc2CC)c1C=O. The molecule has 110 valence electrons. The van der Waals surface area contributed by atoms with Gasteiger partial charge in [0.2, 0.25) is 0 Å². The van der Waals surface area contributed by atoms with E-state index in [-0.39, 0.29) is 0 Å². The summed E-state index contributed by atoms with van der Waals surface area (Å²) >= 11 is 0. The summed E-state index contributed by atoms with van der Waals surface area (Å²) in [6.45, 7) is 6.67. The number of hydrogen-bond donors (Lipinski definition) is 0. The largest absolute Gasteiger partial charge is 0.493 e. The molecule has 1 aromatic carbocycles. The Balaban J connectivity index is 2.72. The zero-order valence-corrected chi connectivity index (χ0v) is 12.8. The molecule has 0 radical (unpaired) electrons. The first-order chi connectivity index (χ1) is 10.3. The molecule has 21 heavy (non-hydrogen) atoms. The molecule has 0 spiro atoms. The molecular weight excluding hydrogens is 262 g/mol. The van der Waals surface area contributed by atoms with Crippen LogP contribution in [-0.4, -0.2) is 17.9 Å². The van der Waals surface area contributed by atoms with Gasteiger partial charge in [0.05, 0.1) is 17.9 Å². The van der Waals surface area contributed by atoms with Gasteiger partial charge in [-0.3, -0.25) is 9.78 Å². The first kappa shape index (κ1) is 15.2. The Morgan fingerprint density at radius 2 is 1.76 bits per heavy atom. The van der Waals surface area contributed by atoms with Gasteiger partial charge in [-0.25, -0.2) is 0 Å². The molecule has 3 heteroatoms. The van der Waals surface area contributed by atoms with E-state index in [1.807, 2.05) is 6.92 Å². The second kappa shape index (κ2) is 7.02. The van der Waals surface area contributed by atoms with Crippen LogP contribution in [0.3, 0.4) is 0 Å². The fourth-order valence-corrected chi connectivity index (χ4v) is 2.60. The minimum Gasteiger partial charge on any atom is -0.493 e. The Labute approximate surface area is 126 Å². The average Bonchev–Trinajstić information content (AvgIpc) is 2.54. The van der Waals surface area contributed by atoms with Crippen LogP contribution < -0.4 is 4.74 Å². The quantitative estimate of drug-likeness (QED) is 0.750. The van der Waals surface area contributed by atoms with Crippen LogP contribution in [0.4, 0.5) is 0 Å². The van der Waals surface area contributed by atoms with Gasteiger partial charge in [-0.2, -0.15) is 0 Å². The van der Waals surface area contributed by atoms with E-state index in [1.54, 1.807) is 12.3 Å². The molecule has 2 rings (SSSR count). The number of aromatic nitrogens is 1. The Hall–Kier alpha value is -2.16. The topological polar surface area (TPSA) is 39.2 Å². The van der Waals surface area contributed by atoms with Gasteiger partial charge < -0.3 is 4.74 Å². The van der Waals surface area contributed by atoms with Crippen LogP contribution in [0.1, 0.15) is 42.3 Å². The fraction of sp³-hybridized carbons (Fsp3) is 0.333. The summed E-state index contributed by atoms with van der Waals surface area (Å²) in [5.74, 6) is 0.602. The van der Waals surface area contributed by atoms with Crippen molar-refractivity contribution in [1.29, 1.82) is 0 Å². The summed E-state index contributed by atoms with van der Waals surface area (Å²) in [4.78, 5) is 16.0. The molecule has 0 fully saturated rings. The van der Waals surface area contributed by atoms with E-state index in [4.69, 9.17) is 4.74 Å². The first-order valence-corrected chi connectivity index (χ1v) is 7.44. The highest BCUT2D eigenvalue weighted by Gasteiger charge is 2.17. The lowest BCUT2D eigenvalue weighted by Gasteiger charge is -2.16. The van der Waals surface area contributed by atoms with E-state index in [0.29, 0.717) is 17.9 Å². The van der Waals surface area contributed by atoms with Crippen LogP contribution in [-0.2, 0) is 12.8 Å². The number of benzene rings is 1. The van der Waals surface area contributed by atoms with Gasteiger partial charge >= 0.3 is 0 Å². The average molecular weight is 283 g/mol. The predicted molar refractivity (Wildman–Crippen MR) is 85.0 cm³/mol. The van der Waals surface area contributed by atoms with Gasteiger partial charge in [0.15, 0.2) is 6.29 Å². The van der Waals surface area contributed by atoms with Gasteiger partial charge in [0.25, 0.3) is 0 Å². The van der Waals surface area contributed by atoms with E-state index in [0.717, 1.165) is 30.4 Å². The third-order valence-electron chi connectivity index (χ3n) is 3.60. The maximum Gasteiger partial charge on any atom is 0.155 e. The van der Waals surface area contributed by atoms with Crippen molar-refractivity contribution >= 4 is 6.29 Å². The standard InChI is InChI=1S/C18H21NO2/c1-4-13-8-7-9-14(5-2)17(13)18-15(12-20)16(21-6-3)10-11-19-18/h7-12H,4-6H2,1-3H3. The second-order valence-corrected chi connectivity index (χ2v) is 4.78. The summed E-state index contributed by atoms with van der Waals surface area (Å²) in [7, 11) is 0. The molecule has 0 bridgehead atoms. The van der Waals surface area contributed by atoms with Crippen molar-refractivity contribution < 1.29 is 9.53 Å². The van der Waals surface area contributed by atoms with Gasteiger partial charge in [-0.1, -0.05) is 32.0 Å². The molecule has 1 aromatic heterocycles. The Kier molecular flexibility index (Phi) is 5.09. The Morgan fingerprint density at radius 1 is 1.10 bits per heavy atom. The number of pyridine rings is 1. The smallest absolute Gasteiger partial charge is 0.155 e. The summed E-state index contributed by atoms with van der Waals surface area (Å²) in [5, 5.41) is 0. The lowest BCUT2D eigenvalue weighted by Crippen LogP contribution is -2.03. The van der Waals surface area contributed by atoms with E-state index >= 15 is 0 Å². The van der Waals surface area contributed by atoms with E-state index < -0.39 is 0 Å². The second-order valence-electron chi connectivity index (χ2n) is 4.78. The molecule has 0 aliphatic carbocycles. The summed E-state index contributed by atoms with van der Waals surface area (Å²) in [6.07, 6.45) is 4.36. The first-order valence-electron chi connectivity index (χ1n) is 7.44. The Bertz CT molecular complexity index is 613. The normalized spacial score (nSPS) is 10.4. The summed E-state index contributed by atoms with van der Waals surface area (Å²) in [6, 6.07) is 8.00. The highest BCUT2D eigenvalue weighted by atomic mass is 16.5. The highest BCUT2D eigenvalue weighted by Crippen LogP contribution is 2.33. The van der Waals surface area contributed by atoms with Crippen LogP contribution in [0.15, 0.2) is 30.5 Å². The van der Waals surface area contributed by atoms with Crippen LogP contribution in [0.5, 0.6) is 5.75 Å². The Morgan fingerprint density at radius 3 is 2.29 bits per heavy atom. The number of aldehydes is 1. The minimum absolute atomic E-state index is 0.528. The van der Waals surface area contributed by atoms with Gasteiger partial charge in [-0.05, 0) is 37.0 Å². The lowest BCUT2D eigenvalue weighted by molar-refractivity contribution is 0.112. The summed E-state index contributed by atoms with van der Waals surface area (Å²) < 4.78 is 5.57. The third-order valence-corrected chi connectivity index (χ3v) is 3.60. The molecule has 1 heterocycles. The monoisotopic (exact) mass is 283 g/mol. The van der Waals surface area contributed by atoms with Gasteiger partial charge in [0.1, 0.15) is 5.75 Å². The molecule has 3 nitrogen and oxygen atoms in total. The molecule has 0 N–H and O–H groups in total. The van der Waals surface area contributed by atoms with Crippen LogP contribution in [0.25, 0.3) is 11.3 Å². The summed E-state index contributed by atoms with van der Waals surface area (Å²) in [5.41, 5.74) is 4.75. The van der Waals surface area contributed by atoms with Crippen molar-refractivity contribution in [2.24, 2.45) is 0 Å². The van der Waals surface area contributed by atoms with Crippen LogP contribution >= 0.6 is 0 Å². The van der Waals surface area contributed by atoms with Gasteiger partial charge in [-0.15, -0.1) is 0 Å². The van der Waals surface area contributed by atoms with Crippen LogP contribution in [0, 0.1) is 0 Å².